The molecule has 1 aliphatic rings. The number of halogens is 2. The summed E-state index contributed by atoms with van der Waals surface area (Å²) in [4.78, 5) is 2.45. The number of nitrogens with zero attached hydrogens (tertiary/aromatic N) is 1. The van der Waals surface area contributed by atoms with E-state index < -0.39 is 0 Å². The van der Waals surface area contributed by atoms with Gasteiger partial charge in [0.25, 0.3) is 0 Å². The normalized spacial score (nSPS) is 14.7. The lowest BCUT2D eigenvalue weighted by Gasteiger charge is -2.30. The third kappa shape index (κ3) is 3.99. The maximum atomic E-state index is 5.58. The summed E-state index contributed by atoms with van der Waals surface area (Å²) in [6.07, 6.45) is 1.36. The van der Waals surface area contributed by atoms with Gasteiger partial charge in [-0.2, -0.15) is 0 Å². The molecule has 15 heavy (non-hydrogen) atoms. The van der Waals surface area contributed by atoms with E-state index in [0.717, 1.165) is 6.54 Å². The Labute approximate surface area is 104 Å². The van der Waals surface area contributed by atoms with Gasteiger partial charge in [-0.05, 0) is 30.6 Å². The van der Waals surface area contributed by atoms with E-state index in [4.69, 9.17) is 5.73 Å². The third-order valence-electron chi connectivity index (χ3n) is 2.58. The standard InChI is InChI=1S/C11H16N2.2ClH/c12-8-10-3-1-4-11(7-10)9-13-5-2-6-13;;/h1,3-4,7H,2,5-6,8-9,12H2;2*1H. The van der Waals surface area contributed by atoms with Gasteiger partial charge in [-0.15, -0.1) is 24.8 Å². The first-order valence-electron chi connectivity index (χ1n) is 4.89. The molecule has 1 aliphatic heterocycles. The molecule has 0 spiro atoms. The Bertz CT molecular complexity index is 288. The third-order valence-corrected chi connectivity index (χ3v) is 2.58. The number of nitrogens with two attached hydrogens (primary N) is 1. The number of benzene rings is 1. The van der Waals surface area contributed by atoms with Crippen molar-refractivity contribution in [2.24, 2.45) is 5.73 Å². The molecule has 1 heterocycles. The zero-order valence-electron chi connectivity index (χ0n) is 8.69. The van der Waals surface area contributed by atoms with Gasteiger partial charge < -0.3 is 5.73 Å². The Morgan fingerprint density at radius 2 is 1.80 bits per heavy atom. The highest BCUT2D eigenvalue weighted by Gasteiger charge is 2.13. The van der Waals surface area contributed by atoms with Gasteiger partial charge in [0.2, 0.25) is 0 Å². The Morgan fingerprint density at radius 3 is 2.33 bits per heavy atom. The number of rotatable bonds is 3. The molecule has 0 aromatic heterocycles. The van der Waals surface area contributed by atoms with Gasteiger partial charge in [-0.3, -0.25) is 4.90 Å². The molecule has 2 N–H and O–H groups in total. The van der Waals surface area contributed by atoms with Gasteiger partial charge in [-0.25, -0.2) is 0 Å². The molecule has 1 saturated heterocycles. The first-order chi connectivity index (χ1) is 6.38. The van der Waals surface area contributed by atoms with Crippen LogP contribution in [-0.4, -0.2) is 18.0 Å². The van der Waals surface area contributed by atoms with Crippen LogP contribution in [0.15, 0.2) is 24.3 Å². The first-order valence-corrected chi connectivity index (χ1v) is 4.89. The van der Waals surface area contributed by atoms with E-state index in [1.807, 2.05) is 0 Å². The van der Waals surface area contributed by atoms with Crippen molar-refractivity contribution in [2.75, 3.05) is 13.1 Å². The van der Waals surface area contributed by atoms with E-state index in [9.17, 15) is 0 Å². The van der Waals surface area contributed by atoms with E-state index >= 15 is 0 Å². The van der Waals surface area contributed by atoms with Crippen LogP contribution in [0.3, 0.4) is 0 Å². The monoisotopic (exact) mass is 248 g/mol. The van der Waals surface area contributed by atoms with Crippen LogP contribution in [0.4, 0.5) is 0 Å². The van der Waals surface area contributed by atoms with Crippen molar-refractivity contribution in [1.29, 1.82) is 0 Å². The van der Waals surface area contributed by atoms with Crippen molar-refractivity contribution in [2.45, 2.75) is 19.5 Å². The maximum absolute atomic E-state index is 5.58. The Morgan fingerprint density at radius 1 is 1.13 bits per heavy atom. The lowest BCUT2D eigenvalue weighted by Crippen LogP contribution is -2.36. The summed E-state index contributed by atoms with van der Waals surface area (Å²) in [6, 6.07) is 8.56. The highest BCUT2D eigenvalue weighted by Crippen LogP contribution is 2.13. The summed E-state index contributed by atoms with van der Waals surface area (Å²) in [5.41, 5.74) is 8.21. The van der Waals surface area contributed by atoms with E-state index in [0.29, 0.717) is 6.54 Å². The van der Waals surface area contributed by atoms with E-state index in [1.54, 1.807) is 0 Å². The molecule has 0 amide bonds. The number of hydrogen-bond acceptors (Lipinski definition) is 2. The Hall–Kier alpha value is -0.280. The van der Waals surface area contributed by atoms with Gasteiger partial charge in [0.1, 0.15) is 0 Å². The highest BCUT2D eigenvalue weighted by molar-refractivity contribution is 5.85. The van der Waals surface area contributed by atoms with Crippen LogP contribution in [0.1, 0.15) is 17.5 Å². The van der Waals surface area contributed by atoms with Gasteiger partial charge in [0, 0.05) is 13.1 Å². The molecule has 2 nitrogen and oxygen atoms in total. The average molecular weight is 249 g/mol. The van der Waals surface area contributed by atoms with Gasteiger partial charge >= 0.3 is 0 Å². The van der Waals surface area contributed by atoms with Crippen LogP contribution >= 0.6 is 24.8 Å². The molecule has 0 unspecified atom stereocenters. The molecule has 86 valence electrons. The van der Waals surface area contributed by atoms with E-state index in [-0.39, 0.29) is 24.8 Å². The fraction of sp³-hybridized carbons (Fsp3) is 0.455. The molecular weight excluding hydrogens is 231 g/mol. The molecular formula is C11H18Cl2N2. The molecule has 0 bridgehead atoms. The lowest BCUT2D eigenvalue weighted by atomic mass is 10.1. The van der Waals surface area contributed by atoms with E-state index in [2.05, 4.69) is 29.2 Å². The van der Waals surface area contributed by atoms with Crippen molar-refractivity contribution < 1.29 is 0 Å². The van der Waals surface area contributed by atoms with Crippen LogP contribution < -0.4 is 5.73 Å². The molecule has 4 heteroatoms. The second-order valence-corrected chi connectivity index (χ2v) is 3.65. The quantitative estimate of drug-likeness (QED) is 0.889. The van der Waals surface area contributed by atoms with E-state index in [1.165, 1.54) is 30.6 Å². The topological polar surface area (TPSA) is 29.3 Å². The van der Waals surface area contributed by atoms with Gasteiger partial charge in [-0.1, -0.05) is 24.3 Å². The molecule has 1 aromatic rings. The molecule has 0 atom stereocenters. The van der Waals surface area contributed by atoms with Crippen LogP contribution in [-0.2, 0) is 13.1 Å². The second-order valence-electron chi connectivity index (χ2n) is 3.65. The minimum atomic E-state index is 0. The zero-order chi connectivity index (χ0) is 9.10. The van der Waals surface area contributed by atoms with Crippen LogP contribution in [0.2, 0.25) is 0 Å². The first kappa shape index (κ1) is 14.7. The highest BCUT2D eigenvalue weighted by atomic mass is 35.5. The maximum Gasteiger partial charge on any atom is 0.0233 e. The predicted octanol–water partition coefficient (Wildman–Crippen LogP) is 2.19. The van der Waals surface area contributed by atoms with Crippen LogP contribution in [0, 0.1) is 0 Å². The molecule has 2 rings (SSSR count). The van der Waals surface area contributed by atoms with Crippen molar-refractivity contribution in [3.05, 3.63) is 35.4 Å². The molecule has 1 aromatic carbocycles. The van der Waals surface area contributed by atoms with Crippen molar-refractivity contribution in [3.63, 3.8) is 0 Å². The van der Waals surface area contributed by atoms with Gasteiger partial charge in [0.15, 0.2) is 0 Å². The second kappa shape index (κ2) is 7.07. The minimum absolute atomic E-state index is 0. The molecule has 0 aliphatic carbocycles. The van der Waals surface area contributed by atoms with Crippen LogP contribution in [0.25, 0.3) is 0 Å². The molecule has 0 radical (unpaired) electrons. The van der Waals surface area contributed by atoms with Crippen molar-refractivity contribution in [3.8, 4) is 0 Å². The number of hydrogen-bond donors (Lipinski definition) is 1. The largest absolute Gasteiger partial charge is 0.326 e. The van der Waals surface area contributed by atoms with Gasteiger partial charge in [0.05, 0.1) is 0 Å². The summed E-state index contributed by atoms with van der Waals surface area (Å²) in [7, 11) is 0. The van der Waals surface area contributed by atoms with Crippen LogP contribution in [0.5, 0.6) is 0 Å². The summed E-state index contributed by atoms with van der Waals surface area (Å²) in [5, 5.41) is 0. The molecule has 1 fully saturated rings. The minimum Gasteiger partial charge on any atom is -0.326 e. The molecule has 0 saturated carbocycles. The Kier molecular flexibility index (Phi) is 6.94. The lowest BCUT2D eigenvalue weighted by molar-refractivity contribution is 0.172. The summed E-state index contributed by atoms with van der Waals surface area (Å²) >= 11 is 0. The SMILES string of the molecule is Cl.Cl.NCc1cccc(CN2CCC2)c1. The zero-order valence-corrected chi connectivity index (χ0v) is 10.3. The smallest absolute Gasteiger partial charge is 0.0233 e. The summed E-state index contributed by atoms with van der Waals surface area (Å²) in [6.45, 7) is 4.25. The van der Waals surface area contributed by atoms with Crippen molar-refractivity contribution in [1.82, 2.24) is 4.90 Å². The summed E-state index contributed by atoms with van der Waals surface area (Å²) in [5.74, 6) is 0. The fourth-order valence-electron chi connectivity index (χ4n) is 1.65. The fourth-order valence-corrected chi connectivity index (χ4v) is 1.65. The summed E-state index contributed by atoms with van der Waals surface area (Å²) < 4.78 is 0. The average Bonchev–Trinajstić information content (AvgIpc) is 2.12. The predicted molar refractivity (Wildman–Crippen MR) is 68.7 cm³/mol. The van der Waals surface area contributed by atoms with Crippen molar-refractivity contribution >= 4 is 24.8 Å². The number of likely N-dealkylation sites (tertiary alicyclic amines) is 1. The Balaban J connectivity index is 0.000000980.